The van der Waals surface area contributed by atoms with Crippen molar-refractivity contribution >= 4 is 40.6 Å². The summed E-state index contributed by atoms with van der Waals surface area (Å²) in [5.74, 6) is 1.16. The molecule has 1 N–H and O–H groups in total. The van der Waals surface area contributed by atoms with Crippen molar-refractivity contribution in [2.24, 2.45) is 0 Å². The van der Waals surface area contributed by atoms with E-state index in [2.05, 4.69) is 20.5 Å². The number of thioether (sulfide) groups is 1. The molecule has 0 saturated carbocycles. The van der Waals surface area contributed by atoms with Gasteiger partial charge in [0.15, 0.2) is 0 Å². The number of benzene rings is 2. The Hall–Kier alpha value is -2.88. The second-order valence-electron chi connectivity index (χ2n) is 6.69. The first-order valence-corrected chi connectivity index (χ1v) is 11.8. The number of hydrogen-bond acceptors (Lipinski definition) is 8. The number of carbonyl (C=O) groups is 1. The molecular weight excluding hydrogens is 468 g/mol. The van der Waals surface area contributed by atoms with Gasteiger partial charge in [-0.3, -0.25) is 4.79 Å². The highest BCUT2D eigenvalue weighted by molar-refractivity contribution is 7.99. The van der Waals surface area contributed by atoms with E-state index in [1.165, 1.54) is 11.8 Å². The molecule has 0 aliphatic rings. The predicted octanol–water partition coefficient (Wildman–Crippen LogP) is 5.24. The highest BCUT2D eigenvalue weighted by atomic mass is 35.5. The van der Waals surface area contributed by atoms with Crippen molar-refractivity contribution in [3.05, 3.63) is 63.4 Å². The molecule has 0 aliphatic heterocycles. The van der Waals surface area contributed by atoms with Gasteiger partial charge in [0.2, 0.25) is 11.8 Å². The van der Waals surface area contributed by atoms with Crippen LogP contribution in [0.25, 0.3) is 22.7 Å². The van der Waals surface area contributed by atoms with E-state index in [-0.39, 0.29) is 11.7 Å². The van der Waals surface area contributed by atoms with Gasteiger partial charge < -0.3 is 14.5 Å². The van der Waals surface area contributed by atoms with Crippen LogP contribution in [0.5, 0.6) is 5.75 Å². The van der Waals surface area contributed by atoms with Crippen LogP contribution in [-0.4, -0.2) is 34.0 Å². The van der Waals surface area contributed by atoms with Crippen LogP contribution in [0.4, 0.5) is 0 Å². The lowest BCUT2D eigenvalue weighted by atomic mass is 10.1. The second kappa shape index (κ2) is 10.2. The molecule has 10 heteroatoms. The third-order valence-corrected chi connectivity index (χ3v) is 6.51. The van der Waals surface area contributed by atoms with Gasteiger partial charge in [0.1, 0.15) is 10.8 Å². The largest absolute Gasteiger partial charge is 0.497 e. The SMILES string of the molecule is COc1ccc(-c2nnc(SCC(=O)NCc3nc(-c4ccc(Cl)cc4)c(C)s3)o2)cc1. The molecule has 2 heterocycles. The Morgan fingerprint density at radius 1 is 1.12 bits per heavy atom. The number of aromatic nitrogens is 3. The Balaban J connectivity index is 1.29. The van der Waals surface area contributed by atoms with Gasteiger partial charge in [0.05, 0.1) is 25.1 Å². The normalized spacial score (nSPS) is 10.8. The van der Waals surface area contributed by atoms with E-state index < -0.39 is 0 Å². The predicted molar refractivity (Wildman–Crippen MR) is 126 cm³/mol. The zero-order chi connectivity index (χ0) is 22.5. The smallest absolute Gasteiger partial charge is 0.277 e. The summed E-state index contributed by atoms with van der Waals surface area (Å²) in [4.78, 5) is 18.0. The highest BCUT2D eigenvalue weighted by Gasteiger charge is 2.13. The second-order valence-corrected chi connectivity index (χ2v) is 9.34. The molecule has 4 rings (SSSR count). The molecule has 0 fully saturated rings. The van der Waals surface area contributed by atoms with Crippen LogP contribution in [0.1, 0.15) is 9.88 Å². The monoisotopic (exact) mass is 486 g/mol. The highest BCUT2D eigenvalue weighted by Crippen LogP contribution is 2.28. The minimum Gasteiger partial charge on any atom is -0.497 e. The van der Waals surface area contributed by atoms with Crippen LogP contribution in [0.2, 0.25) is 5.02 Å². The van der Waals surface area contributed by atoms with Crippen LogP contribution >= 0.6 is 34.7 Å². The number of ether oxygens (including phenoxy) is 1. The molecule has 2 aromatic heterocycles. The minimum absolute atomic E-state index is 0.139. The maximum atomic E-state index is 12.3. The lowest BCUT2D eigenvalue weighted by Crippen LogP contribution is -2.24. The average Bonchev–Trinajstić information content (AvgIpc) is 3.43. The van der Waals surface area contributed by atoms with E-state index in [1.54, 1.807) is 18.4 Å². The van der Waals surface area contributed by atoms with Gasteiger partial charge in [-0.1, -0.05) is 35.5 Å². The summed E-state index contributed by atoms with van der Waals surface area (Å²) >= 11 is 8.70. The molecule has 0 bridgehead atoms. The zero-order valence-corrected chi connectivity index (χ0v) is 19.7. The Labute approximate surface area is 198 Å². The number of amides is 1. The van der Waals surface area contributed by atoms with Crippen molar-refractivity contribution in [2.45, 2.75) is 18.7 Å². The Morgan fingerprint density at radius 2 is 1.84 bits per heavy atom. The number of hydrogen-bond donors (Lipinski definition) is 1. The third kappa shape index (κ3) is 5.48. The summed E-state index contributed by atoms with van der Waals surface area (Å²) in [6.07, 6.45) is 0. The summed E-state index contributed by atoms with van der Waals surface area (Å²) in [6, 6.07) is 14.9. The topological polar surface area (TPSA) is 90.1 Å². The number of methoxy groups -OCH3 is 1. The van der Waals surface area contributed by atoms with Gasteiger partial charge in [0.25, 0.3) is 5.22 Å². The molecule has 7 nitrogen and oxygen atoms in total. The van der Waals surface area contributed by atoms with Gasteiger partial charge in [-0.25, -0.2) is 4.98 Å². The Bertz CT molecular complexity index is 1210. The molecule has 1 amide bonds. The van der Waals surface area contributed by atoms with Crippen LogP contribution in [0.15, 0.2) is 58.2 Å². The summed E-state index contributed by atoms with van der Waals surface area (Å²) in [7, 11) is 1.61. The molecule has 0 radical (unpaired) electrons. The molecule has 0 aliphatic carbocycles. The lowest BCUT2D eigenvalue weighted by Gasteiger charge is -2.01. The molecule has 2 aromatic carbocycles. The van der Waals surface area contributed by atoms with E-state index in [0.717, 1.165) is 32.5 Å². The van der Waals surface area contributed by atoms with E-state index in [4.69, 9.17) is 20.8 Å². The first-order chi connectivity index (χ1) is 15.5. The zero-order valence-electron chi connectivity index (χ0n) is 17.3. The number of thiazole rings is 1. The number of nitrogens with zero attached hydrogens (tertiary/aromatic N) is 3. The van der Waals surface area contributed by atoms with E-state index in [9.17, 15) is 4.79 Å². The van der Waals surface area contributed by atoms with Crippen LogP contribution in [-0.2, 0) is 11.3 Å². The molecule has 4 aromatic rings. The Morgan fingerprint density at radius 3 is 2.56 bits per heavy atom. The van der Waals surface area contributed by atoms with Crippen LogP contribution in [0, 0.1) is 6.92 Å². The molecule has 0 spiro atoms. The standard InChI is InChI=1S/C22H19ClN4O3S2/c1-13-20(14-3-7-16(23)8-4-14)25-19(32-13)11-24-18(28)12-31-22-27-26-21(30-22)15-5-9-17(29-2)10-6-15/h3-10H,11-12H2,1-2H3,(H,24,28). The summed E-state index contributed by atoms with van der Waals surface area (Å²) in [5, 5.41) is 12.8. The van der Waals surface area contributed by atoms with Gasteiger partial charge in [-0.15, -0.1) is 21.5 Å². The summed E-state index contributed by atoms with van der Waals surface area (Å²) in [5.41, 5.74) is 2.69. The number of rotatable bonds is 8. The number of nitrogens with one attached hydrogen (secondary N) is 1. The summed E-state index contributed by atoms with van der Waals surface area (Å²) < 4.78 is 10.8. The first kappa shape index (κ1) is 22.3. The van der Waals surface area contributed by atoms with Crippen molar-refractivity contribution < 1.29 is 13.9 Å². The summed E-state index contributed by atoms with van der Waals surface area (Å²) in [6.45, 7) is 2.37. The van der Waals surface area contributed by atoms with Gasteiger partial charge in [-0.05, 0) is 43.3 Å². The van der Waals surface area contributed by atoms with Crippen molar-refractivity contribution in [3.8, 4) is 28.5 Å². The van der Waals surface area contributed by atoms with Crippen molar-refractivity contribution in [1.29, 1.82) is 0 Å². The maximum Gasteiger partial charge on any atom is 0.277 e. The molecular formula is C22H19ClN4O3S2. The molecule has 32 heavy (non-hydrogen) atoms. The van der Waals surface area contributed by atoms with Crippen molar-refractivity contribution in [3.63, 3.8) is 0 Å². The lowest BCUT2D eigenvalue weighted by molar-refractivity contribution is -0.118. The maximum absolute atomic E-state index is 12.3. The fourth-order valence-electron chi connectivity index (χ4n) is 2.87. The fourth-order valence-corrected chi connectivity index (χ4v) is 4.49. The molecule has 0 atom stereocenters. The van der Waals surface area contributed by atoms with Gasteiger partial charge in [-0.2, -0.15) is 0 Å². The van der Waals surface area contributed by atoms with Gasteiger partial charge in [0, 0.05) is 21.0 Å². The molecule has 0 unspecified atom stereocenters. The van der Waals surface area contributed by atoms with Crippen LogP contribution < -0.4 is 10.1 Å². The van der Waals surface area contributed by atoms with E-state index in [1.807, 2.05) is 55.5 Å². The van der Waals surface area contributed by atoms with Gasteiger partial charge >= 0.3 is 0 Å². The van der Waals surface area contributed by atoms with E-state index in [0.29, 0.717) is 22.7 Å². The minimum atomic E-state index is -0.139. The number of aryl methyl sites for hydroxylation is 1. The molecule has 0 saturated heterocycles. The number of carbonyl (C=O) groups excluding carboxylic acids is 1. The Kier molecular flexibility index (Phi) is 7.09. The van der Waals surface area contributed by atoms with E-state index >= 15 is 0 Å². The van der Waals surface area contributed by atoms with Crippen molar-refractivity contribution in [2.75, 3.05) is 12.9 Å². The average molecular weight is 487 g/mol. The molecule has 164 valence electrons. The quantitative estimate of drug-likeness (QED) is 0.340. The third-order valence-electron chi connectivity index (χ3n) is 4.47. The first-order valence-electron chi connectivity index (χ1n) is 9.61. The fraction of sp³-hybridized carbons (Fsp3) is 0.182. The van der Waals surface area contributed by atoms with Crippen molar-refractivity contribution in [1.82, 2.24) is 20.5 Å². The van der Waals surface area contributed by atoms with Crippen LogP contribution in [0.3, 0.4) is 0 Å². The number of halogens is 1.